The lowest BCUT2D eigenvalue weighted by molar-refractivity contribution is 0.147. The SMILES string of the molecule is O[C@H](Cn1cc(I)cn1)c1ccccc1F. The second-order valence-corrected chi connectivity index (χ2v) is 4.66. The van der Waals surface area contributed by atoms with Crippen LogP contribution in [0.25, 0.3) is 0 Å². The average molecular weight is 332 g/mol. The Kier molecular flexibility index (Phi) is 3.55. The number of rotatable bonds is 3. The van der Waals surface area contributed by atoms with Gasteiger partial charge < -0.3 is 5.11 Å². The normalized spacial score (nSPS) is 12.7. The Bertz CT molecular complexity index is 486. The molecule has 0 fully saturated rings. The number of aliphatic hydroxyl groups excluding tert-OH is 1. The molecule has 84 valence electrons. The van der Waals surface area contributed by atoms with Crippen LogP contribution < -0.4 is 0 Å². The van der Waals surface area contributed by atoms with Crippen molar-refractivity contribution in [2.45, 2.75) is 12.6 Å². The minimum absolute atomic E-state index is 0.254. The summed E-state index contributed by atoms with van der Waals surface area (Å²) in [6.45, 7) is 0.254. The fraction of sp³-hybridized carbons (Fsp3) is 0.182. The highest BCUT2D eigenvalue weighted by atomic mass is 127. The third-order valence-electron chi connectivity index (χ3n) is 2.23. The molecule has 0 amide bonds. The van der Waals surface area contributed by atoms with Gasteiger partial charge in [0.2, 0.25) is 0 Å². The zero-order chi connectivity index (χ0) is 11.5. The number of benzene rings is 1. The molecule has 1 N–H and O–H groups in total. The zero-order valence-electron chi connectivity index (χ0n) is 8.35. The first-order valence-electron chi connectivity index (χ1n) is 4.77. The average Bonchev–Trinajstić information content (AvgIpc) is 2.64. The highest BCUT2D eigenvalue weighted by molar-refractivity contribution is 14.1. The van der Waals surface area contributed by atoms with Crippen molar-refractivity contribution in [3.05, 3.63) is 51.6 Å². The van der Waals surface area contributed by atoms with Crippen LogP contribution in [0, 0.1) is 9.39 Å². The molecule has 0 radical (unpaired) electrons. The largest absolute Gasteiger partial charge is 0.386 e. The van der Waals surface area contributed by atoms with Crippen molar-refractivity contribution in [3.8, 4) is 0 Å². The van der Waals surface area contributed by atoms with Crippen molar-refractivity contribution in [2.75, 3.05) is 0 Å². The number of hydrogen-bond acceptors (Lipinski definition) is 2. The van der Waals surface area contributed by atoms with E-state index in [2.05, 4.69) is 27.7 Å². The van der Waals surface area contributed by atoms with Gasteiger partial charge in [0.1, 0.15) is 11.9 Å². The van der Waals surface area contributed by atoms with Gasteiger partial charge in [-0.25, -0.2) is 4.39 Å². The summed E-state index contributed by atoms with van der Waals surface area (Å²) in [5.74, 6) is -0.392. The van der Waals surface area contributed by atoms with E-state index < -0.39 is 11.9 Å². The molecule has 0 aliphatic rings. The van der Waals surface area contributed by atoms with Crippen LogP contribution in [0.3, 0.4) is 0 Å². The maximum Gasteiger partial charge on any atom is 0.129 e. The van der Waals surface area contributed by atoms with E-state index in [9.17, 15) is 9.50 Å². The molecular weight excluding hydrogens is 322 g/mol. The van der Waals surface area contributed by atoms with E-state index in [1.807, 2.05) is 0 Å². The first kappa shape index (κ1) is 11.5. The molecule has 0 aliphatic carbocycles. The van der Waals surface area contributed by atoms with Gasteiger partial charge in [-0.3, -0.25) is 4.68 Å². The lowest BCUT2D eigenvalue weighted by Crippen LogP contribution is -2.10. The molecule has 3 nitrogen and oxygen atoms in total. The summed E-state index contributed by atoms with van der Waals surface area (Å²) in [6.07, 6.45) is 2.61. The van der Waals surface area contributed by atoms with E-state index in [1.54, 1.807) is 35.3 Å². The van der Waals surface area contributed by atoms with Gasteiger partial charge >= 0.3 is 0 Å². The standard InChI is InChI=1S/C11H10FIN2O/c12-10-4-2-1-3-9(10)11(16)7-15-6-8(13)5-14-15/h1-6,11,16H,7H2/t11-/m1/s1. The second-order valence-electron chi connectivity index (χ2n) is 3.42. The molecule has 1 heterocycles. The molecule has 0 bridgehead atoms. The molecule has 1 aromatic heterocycles. The molecule has 1 aromatic carbocycles. The zero-order valence-corrected chi connectivity index (χ0v) is 10.5. The van der Waals surface area contributed by atoms with Crippen LogP contribution in [0.2, 0.25) is 0 Å². The first-order chi connectivity index (χ1) is 7.66. The van der Waals surface area contributed by atoms with Crippen molar-refractivity contribution in [3.63, 3.8) is 0 Å². The molecule has 1 atom stereocenters. The maximum absolute atomic E-state index is 13.4. The molecule has 0 saturated heterocycles. The molecule has 2 aromatic rings. The summed E-state index contributed by atoms with van der Waals surface area (Å²) in [5.41, 5.74) is 0.299. The Morgan fingerprint density at radius 2 is 2.19 bits per heavy atom. The number of aliphatic hydroxyl groups is 1. The Labute approximate surface area is 106 Å². The van der Waals surface area contributed by atoms with Gasteiger partial charge in [-0.2, -0.15) is 5.10 Å². The van der Waals surface area contributed by atoms with Crippen molar-refractivity contribution < 1.29 is 9.50 Å². The molecule has 0 aliphatic heterocycles. The predicted molar refractivity (Wildman–Crippen MR) is 66.3 cm³/mol. The molecular formula is C11H10FIN2O. The van der Waals surface area contributed by atoms with Crippen LogP contribution in [0.15, 0.2) is 36.7 Å². The molecule has 0 saturated carbocycles. The topological polar surface area (TPSA) is 38.0 Å². The Morgan fingerprint density at radius 1 is 1.44 bits per heavy atom. The van der Waals surface area contributed by atoms with Crippen LogP contribution >= 0.6 is 22.6 Å². The number of nitrogens with zero attached hydrogens (tertiary/aromatic N) is 2. The fourth-order valence-corrected chi connectivity index (χ4v) is 1.91. The van der Waals surface area contributed by atoms with Crippen molar-refractivity contribution in [1.82, 2.24) is 9.78 Å². The maximum atomic E-state index is 13.4. The molecule has 2 rings (SSSR count). The van der Waals surface area contributed by atoms with Gasteiger partial charge in [-0.15, -0.1) is 0 Å². The smallest absolute Gasteiger partial charge is 0.129 e. The molecule has 0 unspecified atom stereocenters. The molecule has 5 heteroatoms. The Balaban J connectivity index is 2.14. The molecule has 0 spiro atoms. The van der Waals surface area contributed by atoms with Gasteiger partial charge in [0.05, 0.1) is 16.3 Å². The fourth-order valence-electron chi connectivity index (χ4n) is 1.46. The summed E-state index contributed by atoms with van der Waals surface area (Å²) in [7, 11) is 0. The highest BCUT2D eigenvalue weighted by Crippen LogP contribution is 2.18. The van der Waals surface area contributed by atoms with E-state index in [-0.39, 0.29) is 6.54 Å². The van der Waals surface area contributed by atoms with Crippen LogP contribution in [0.4, 0.5) is 4.39 Å². The summed E-state index contributed by atoms with van der Waals surface area (Å²) in [4.78, 5) is 0. The first-order valence-corrected chi connectivity index (χ1v) is 5.85. The summed E-state index contributed by atoms with van der Waals surface area (Å²) in [5, 5.41) is 13.9. The lowest BCUT2D eigenvalue weighted by atomic mass is 10.1. The number of hydrogen-bond donors (Lipinski definition) is 1. The Hall–Kier alpha value is -0.950. The third-order valence-corrected chi connectivity index (χ3v) is 2.78. The van der Waals surface area contributed by atoms with Gasteiger partial charge in [-0.1, -0.05) is 18.2 Å². The minimum Gasteiger partial charge on any atom is -0.386 e. The third kappa shape index (κ3) is 2.59. The van der Waals surface area contributed by atoms with Crippen LogP contribution in [0.5, 0.6) is 0 Å². The quantitative estimate of drug-likeness (QED) is 0.877. The monoisotopic (exact) mass is 332 g/mol. The Morgan fingerprint density at radius 3 is 2.81 bits per heavy atom. The summed E-state index contributed by atoms with van der Waals surface area (Å²) >= 11 is 2.13. The van der Waals surface area contributed by atoms with Crippen LogP contribution in [-0.2, 0) is 6.54 Å². The van der Waals surface area contributed by atoms with Crippen LogP contribution in [0.1, 0.15) is 11.7 Å². The number of aromatic nitrogens is 2. The lowest BCUT2D eigenvalue weighted by Gasteiger charge is -2.11. The van der Waals surface area contributed by atoms with E-state index in [0.717, 1.165) is 3.57 Å². The van der Waals surface area contributed by atoms with Gasteiger partial charge in [0.25, 0.3) is 0 Å². The number of halogens is 2. The van der Waals surface area contributed by atoms with E-state index >= 15 is 0 Å². The second kappa shape index (κ2) is 4.92. The molecule has 16 heavy (non-hydrogen) atoms. The van der Waals surface area contributed by atoms with Crippen molar-refractivity contribution in [2.24, 2.45) is 0 Å². The van der Waals surface area contributed by atoms with Gasteiger partial charge in [0, 0.05) is 11.8 Å². The van der Waals surface area contributed by atoms with E-state index in [0.29, 0.717) is 5.56 Å². The minimum atomic E-state index is -0.878. The van der Waals surface area contributed by atoms with Crippen LogP contribution in [-0.4, -0.2) is 14.9 Å². The van der Waals surface area contributed by atoms with Crippen molar-refractivity contribution >= 4 is 22.6 Å². The highest BCUT2D eigenvalue weighted by Gasteiger charge is 2.12. The summed E-state index contributed by atoms with van der Waals surface area (Å²) in [6, 6.07) is 6.22. The predicted octanol–water partition coefficient (Wildman–Crippen LogP) is 2.36. The van der Waals surface area contributed by atoms with Gasteiger partial charge in [-0.05, 0) is 28.7 Å². The van der Waals surface area contributed by atoms with E-state index in [4.69, 9.17) is 0 Å². The van der Waals surface area contributed by atoms with Crippen molar-refractivity contribution in [1.29, 1.82) is 0 Å². The van der Waals surface area contributed by atoms with Gasteiger partial charge in [0.15, 0.2) is 0 Å². The van der Waals surface area contributed by atoms with E-state index in [1.165, 1.54) is 6.07 Å². The summed E-state index contributed by atoms with van der Waals surface area (Å²) < 4.78 is 15.9.